The van der Waals surface area contributed by atoms with Gasteiger partial charge in [-0.25, -0.2) is 5.43 Å². The first kappa shape index (κ1) is 27.3. The van der Waals surface area contributed by atoms with Crippen LogP contribution in [0.25, 0.3) is 0 Å². The van der Waals surface area contributed by atoms with Gasteiger partial charge in [0.15, 0.2) is 6.61 Å². The van der Waals surface area contributed by atoms with Crippen LogP contribution < -0.4 is 10.2 Å². The minimum absolute atomic E-state index is 0.0408. The van der Waals surface area contributed by atoms with E-state index in [1.807, 2.05) is 48.5 Å². The smallest absolute Gasteiger partial charge is 0.277 e. The molecular weight excluding hydrogens is 472 g/mol. The highest BCUT2D eigenvalue weighted by Crippen LogP contribution is 2.36. The van der Waals surface area contributed by atoms with Crippen molar-refractivity contribution in [3.63, 3.8) is 0 Å². The van der Waals surface area contributed by atoms with E-state index in [4.69, 9.17) is 16.3 Å². The Morgan fingerprint density at radius 1 is 1.03 bits per heavy atom. The Labute approximate surface area is 219 Å². The lowest BCUT2D eigenvalue weighted by atomic mass is 9.72. The molecule has 2 N–H and O–H groups in total. The largest absolute Gasteiger partial charge is 0.507 e. The average Bonchev–Trinajstić information content (AvgIpc) is 2.80. The Morgan fingerprint density at radius 3 is 2.39 bits per heavy atom. The molecular formula is C30H35ClN2O3. The molecule has 3 aromatic rings. The van der Waals surface area contributed by atoms with Crippen LogP contribution in [-0.4, -0.2) is 23.8 Å². The van der Waals surface area contributed by atoms with Crippen molar-refractivity contribution < 1.29 is 14.6 Å². The second-order valence-corrected chi connectivity index (χ2v) is 11.3. The fourth-order valence-electron chi connectivity index (χ4n) is 4.46. The van der Waals surface area contributed by atoms with Crippen molar-refractivity contribution >= 4 is 23.7 Å². The third-order valence-electron chi connectivity index (χ3n) is 5.82. The van der Waals surface area contributed by atoms with Crippen molar-refractivity contribution in [2.24, 2.45) is 10.5 Å². The first-order valence-corrected chi connectivity index (χ1v) is 12.4. The van der Waals surface area contributed by atoms with Gasteiger partial charge in [0, 0.05) is 10.6 Å². The monoisotopic (exact) mass is 506 g/mol. The molecule has 5 nitrogen and oxygen atoms in total. The number of benzene rings is 3. The molecule has 3 aromatic carbocycles. The zero-order valence-corrected chi connectivity index (χ0v) is 22.4. The van der Waals surface area contributed by atoms with Gasteiger partial charge in [-0.05, 0) is 70.7 Å². The molecule has 0 aliphatic carbocycles. The fraction of sp³-hybridized carbons (Fsp3) is 0.333. The Bertz CT molecular complexity index is 1210. The van der Waals surface area contributed by atoms with E-state index in [1.165, 1.54) is 11.8 Å². The van der Waals surface area contributed by atoms with Gasteiger partial charge >= 0.3 is 0 Å². The highest BCUT2D eigenvalue weighted by molar-refractivity contribution is 6.31. The summed E-state index contributed by atoms with van der Waals surface area (Å²) < 4.78 is 5.61. The maximum Gasteiger partial charge on any atom is 0.277 e. The van der Waals surface area contributed by atoms with Gasteiger partial charge in [0.05, 0.1) is 6.21 Å². The second-order valence-electron chi connectivity index (χ2n) is 10.9. The first-order valence-electron chi connectivity index (χ1n) is 12.0. The number of hydrogen-bond donors (Lipinski definition) is 2. The molecule has 0 radical (unpaired) electrons. The van der Waals surface area contributed by atoms with Crippen LogP contribution in [0.3, 0.4) is 0 Å². The van der Waals surface area contributed by atoms with Crippen LogP contribution in [0.1, 0.15) is 63.3 Å². The first-order chi connectivity index (χ1) is 16.9. The van der Waals surface area contributed by atoms with Crippen LogP contribution >= 0.6 is 11.6 Å². The molecule has 0 saturated heterocycles. The number of aromatic hydroxyl groups is 1. The van der Waals surface area contributed by atoms with E-state index in [2.05, 4.69) is 57.3 Å². The lowest BCUT2D eigenvalue weighted by molar-refractivity contribution is -0.123. The molecule has 3 rings (SSSR count). The summed E-state index contributed by atoms with van der Waals surface area (Å²) in [5.41, 5.74) is 6.39. The molecule has 0 saturated carbocycles. The molecule has 1 amide bonds. The Hall–Kier alpha value is -3.31. The van der Waals surface area contributed by atoms with Crippen molar-refractivity contribution in [1.29, 1.82) is 0 Å². The maximum absolute atomic E-state index is 12.2. The molecule has 0 aliphatic rings. The number of nitrogens with one attached hydrogen (secondary N) is 1. The standard InChI is InChI=1S/C30H35ClN2O3/c1-29(2,3)20-30(4,5)24-11-13-25(14-12-24)36-19-28(35)33-32-18-23-17-21(10-15-27(23)34)16-22-8-6-7-9-26(22)31/h6-15,17-18,34H,16,19-20H2,1-5H3,(H,33,35). The summed E-state index contributed by atoms with van der Waals surface area (Å²) in [5.74, 6) is 0.297. The van der Waals surface area contributed by atoms with E-state index in [1.54, 1.807) is 6.07 Å². The third kappa shape index (κ3) is 8.13. The number of halogens is 1. The molecule has 6 heteroatoms. The molecule has 0 unspecified atom stereocenters. The van der Waals surface area contributed by atoms with Gasteiger partial charge in [-0.2, -0.15) is 5.10 Å². The van der Waals surface area contributed by atoms with Gasteiger partial charge < -0.3 is 9.84 Å². The van der Waals surface area contributed by atoms with Gasteiger partial charge in [0.1, 0.15) is 11.5 Å². The number of ether oxygens (including phenoxy) is 1. The van der Waals surface area contributed by atoms with Gasteiger partial charge in [-0.3, -0.25) is 4.79 Å². The summed E-state index contributed by atoms with van der Waals surface area (Å²) in [6.45, 7) is 11.0. The molecule has 36 heavy (non-hydrogen) atoms. The van der Waals surface area contributed by atoms with Crippen LogP contribution in [0.5, 0.6) is 11.5 Å². The van der Waals surface area contributed by atoms with Gasteiger partial charge in [-0.15, -0.1) is 0 Å². The molecule has 0 bridgehead atoms. The fourth-order valence-corrected chi connectivity index (χ4v) is 4.67. The minimum atomic E-state index is -0.393. The minimum Gasteiger partial charge on any atom is -0.507 e. The molecule has 190 valence electrons. The van der Waals surface area contributed by atoms with E-state index in [-0.39, 0.29) is 23.2 Å². The van der Waals surface area contributed by atoms with Gasteiger partial charge in [0.2, 0.25) is 0 Å². The second kappa shape index (κ2) is 11.6. The number of carbonyl (C=O) groups is 1. The van der Waals surface area contributed by atoms with Crippen molar-refractivity contribution in [2.75, 3.05) is 6.61 Å². The van der Waals surface area contributed by atoms with E-state index in [0.717, 1.165) is 17.5 Å². The average molecular weight is 507 g/mol. The van der Waals surface area contributed by atoms with Crippen LogP contribution in [0.15, 0.2) is 71.8 Å². The maximum atomic E-state index is 12.2. The number of hydrazone groups is 1. The normalized spacial score (nSPS) is 12.1. The highest BCUT2D eigenvalue weighted by atomic mass is 35.5. The summed E-state index contributed by atoms with van der Waals surface area (Å²) in [6, 6.07) is 20.8. The number of carbonyl (C=O) groups excluding carboxylic acids is 1. The summed E-state index contributed by atoms with van der Waals surface area (Å²) in [4.78, 5) is 12.2. The number of amides is 1. The molecule has 0 aliphatic heterocycles. The lowest BCUT2D eigenvalue weighted by Crippen LogP contribution is -2.25. The van der Waals surface area contributed by atoms with Crippen molar-refractivity contribution in [3.05, 3.63) is 94.0 Å². The van der Waals surface area contributed by atoms with E-state index in [9.17, 15) is 9.90 Å². The number of hydrogen-bond acceptors (Lipinski definition) is 4. The molecule has 0 fully saturated rings. The quantitative estimate of drug-likeness (QED) is 0.245. The van der Waals surface area contributed by atoms with Crippen molar-refractivity contribution in [3.8, 4) is 11.5 Å². The van der Waals surface area contributed by atoms with Crippen molar-refractivity contribution in [2.45, 2.75) is 52.9 Å². The lowest BCUT2D eigenvalue weighted by Gasteiger charge is -2.33. The number of phenolic OH excluding ortho intramolecular Hbond substituents is 1. The molecule has 0 aromatic heterocycles. The van der Waals surface area contributed by atoms with E-state index < -0.39 is 5.91 Å². The van der Waals surface area contributed by atoms with E-state index in [0.29, 0.717) is 22.8 Å². The topological polar surface area (TPSA) is 70.9 Å². The number of rotatable bonds is 9. The Kier molecular flexibility index (Phi) is 8.80. The van der Waals surface area contributed by atoms with Gasteiger partial charge in [0.25, 0.3) is 5.91 Å². The van der Waals surface area contributed by atoms with Crippen LogP contribution in [0, 0.1) is 5.41 Å². The third-order valence-corrected chi connectivity index (χ3v) is 6.18. The summed E-state index contributed by atoms with van der Waals surface area (Å²) >= 11 is 6.25. The number of phenols is 1. The number of nitrogens with zero attached hydrogens (tertiary/aromatic N) is 1. The zero-order chi connectivity index (χ0) is 26.3. The van der Waals surface area contributed by atoms with Crippen molar-refractivity contribution in [1.82, 2.24) is 5.43 Å². The Balaban J connectivity index is 1.53. The van der Waals surface area contributed by atoms with Crippen LogP contribution in [0.2, 0.25) is 5.02 Å². The SMILES string of the molecule is CC(C)(C)CC(C)(C)c1ccc(OCC(=O)NN=Cc2cc(Cc3ccccc3Cl)ccc2O)cc1. The van der Waals surface area contributed by atoms with Gasteiger partial charge in [-0.1, -0.05) is 82.6 Å². The molecule has 0 atom stereocenters. The van der Waals surface area contributed by atoms with Crippen LogP contribution in [-0.2, 0) is 16.6 Å². The summed E-state index contributed by atoms with van der Waals surface area (Å²) in [5, 5.41) is 14.8. The molecule has 0 spiro atoms. The zero-order valence-electron chi connectivity index (χ0n) is 21.6. The van der Waals surface area contributed by atoms with E-state index >= 15 is 0 Å². The highest BCUT2D eigenvalue weighted by Gasteiger charge is 2.27. The summed E-state index contributed by atoms with van der Waals surface area (Å²) in [6.07, 6.45) is 3.08. The Morgan fingerprint density at radius 2 is 1.72 bits per heavy atom. The predicted octanol–water partition coefficient (Wildman–Crippen LogP) is 6.88. The molecule has 0 heterocycles. The summed E-state index contributed by atoms with van der Waals surface area (Å²) in [7, 11) is 0. The predicted molar refractivity (Wildman–Crippen MR) is 147 cm³/mol. The van der Waals surface area contributed by atoms with Crippen LogP contribution in [0.4, 0.5) is 0 Å².